The third-order valence-electron chi connectivity index (χ3n) is 2.11. The first-order valence-electron chi connectivity index (χ1n) is 4.25. The van der Waals surface area contributed by atoms with Gasteiger partial charge in [-0.25, -0.2) is 0 Å². The Morgan fingerprint density at radius 2 is 2.09 bits per heavy atom. The molecule has 1 heteroatoms. The van der Waals surface area contributed by atoms with Crippen molar-refractivity contribution in [2.75, 3.05) is 6.54 Å². The smallest absolute Gasteiger partial charge is 0.0193 e. The first-order chi connectivity index (χ1) is 5.17. The van der Waals surface area contributed by atoms with Crippen LogP contribution >= 0.6 is 0 Å². The lowest BCUT2D eigenvalue weighted by atomic mass is 10.1. The minimum absolute atomic E-state index is 0.563. The van der Waals surface area contributed by atoms with E-state index in [9.17, 15) is 0 Å². The number of nitrogens with zero attached hydrogens (tertiary/aromatic N) is 1. The lowest BCUT2D eigenvalue weighted by Crippen LogP contribution is -2.19. The summed E-state index contributed by atoms with van der Waals surface area (Å²) >= 11 is 0. The van der Waals surface area contributed by atoms with E-state index in [4.69, 9.17) is 0 Å². The van der Waals surface area contributed by atoms with Crippen molar-refractivity contribution in [1.82, 2.24) is 4.90 Å². The van der Waals surface area contributed by atoms with Crippen molar-refractivity contribution in [1.29, 1.82) is 0 Å². The van der Waals surface area contributed by atoms with Gasteiger partial charge in [0.2, 0.25) is 0 Å². The summed E-state index contributed by atoms with van der Waals surface area (Å²) in [7, 11) is 0. The van der Waals surface area contributed by atoms with E-state index in [1.807, 2.05) is 6.20 Å². The molecule has 0 saturated heterocycles. The summed E-state index contributed by atoms with van der Waals surface area (Å²) in [6, 6.07) is 0. The Bertz CT molecular complexity index is 138. The van der Waals surface area contributed by atoms with Gasteiger partial charge in [0.25, 0.3) is 0 Å². The molecular formula is C10H19N. The number of hydrogen-bond acceptors (Lipinski definition) is 1. The third-order valence-corrected chi connectivity index (χ3v) is 2.11. The molecule has 1 nitrogen and oxygen atoms in total. The third kappa shape index (κ3) is 2.79. The van der Waals surface area contributed by atoms with Crippen LogP contribution in [-0.2, 0) is 0 Å². The lowest BCUT2D eigenvalue weighted by molar-refractivity contribution is 0.418. The van der Waals surface area contributed by atoms with E-state index < -0.39 is 0 Å². The summed E-state index contributed by atoms with van der Waals surface area (Å²) in [5, 5.41) is 0. The van der Waals surface area contributed by atoms with Crippen molar-refractivity contribution in [2.24, 2.45) is 5.92 Å². The predicted octanol–water partition coefficient (Wildman–Crippen LogP) is 3.01. The Kier molecular flexibility index (Phi) is 4.67. The molecule has 0 aliphatic rings. The molecule has 0 fully saturated rings. The average molecular weight is 153 g/mol. The molecule has 64 valence electrons. The second-order valence-electron chi connectivity index (χ2n) is 2.77. The highest BCUT2D eigenvalue weighted by Gasteiger charge is 2.07. The van der Waals surface area contributed by atoms with Gasteiger partial charge in [-0.15, -0.1) is 0 Å². The highest BCUT2D eigenvalue weighted by atomic mass is 15.1. The lowest BCUT2D eigenvalue weighted by Gasteiger charge is -2.24. The molecule has 0 N–H and O–H groups in total. The van der Waals surface area contributed by atoms with E-state index >= 15 is 0 Å². The second-order valence-corrected chi connectivity index (χ2v) is 2.77. The first-order valence-corrected chi connectivity index (χ1v) is 4.25. The van der Waals surface area contributed by atoms with Crippen LogP contribution in [0.1, 0.15) is 27.2 Å². The molecule has 0 rings (SSSR count). The van der Waals surface area contributed by atoms with Crippen LogP contribution in [0.3, 0.4) is 0 Å². The minimum Gasteiger partial charge on any atom is -0.353 e. The Balaban J connectivity index is 4.08. The Morgan fingerprint density at radius 1 is 1.55 bits per heavy atom. The van der Waals surface area contributed by atoms with Gasteiger partial charge >= 0.3 is 0 Å². The van der Waals surface area contributed by atoms with E-state index in [0.717, 1.165) is 13.0 Å². The van der Waals surface area contributed by atoms with Crippen molar-refractivity contribution in [2.45, 2.75) is 27.2 Å². The maximum absolute atomic E-state index is 4.02. The van der Waals surface area contributed by atoms with Crippen molar-refractivity contribution in [3.63, 3.8) is 0 Å². The SMILES string of the molecule is C=CN(CC)C(=C)C(C)CC. The van der Waals surface area contributed by atoms with Gasteiger partial charge in [0.05, 0.1) is 0 Å². The molecule has 0 aliphatic heterocycles. The van der Waals surface area contributed by atoms with E-state index in [2.05, 4.69) is 38.8 Å². The molecule has 0 bridgehead atoms. The first kappa shape index (κ1) is 10.3. The molecule has 0 radical (unpaired) electrons. The molecule has 0 spiro atoms. The van der Waals surface area contributed by atoms with Crippen LogP contribution in [0.5, 0.6) is 0 Å². The topological polar surface area (TPSA) is 3.24 Å². The van der Waals surface area contributed by atoms with Crippen molar-refractivity contribution in [3.05, 3.63) is 25.1 Å². The summed E-state index contributed by atoms with van der Waals surface area (Å²) in [5.74, 6) is 0.563. The van der Waals surface area contributed by atoms with E-state index in [1.165, 1.54) is 5.70 Å². The largest absolute Gasteiger partial charge is 0.353 e. The fraction of sp³-hybridized carbons (Fsp3) is 0.600. The molecular weight excluding hydrogens is 134 g/mol. The number of allylic oxidation sites excluding steroid dienone is 1. The summed E-state index contributed by atoms with van der Waals surface area (Å²) in [4.78, 5) is 2.09. The summed E-state index contributed by atoms with van der Waals surface area (Å²) < 4.78 is 0. The summed E-state index contributed by atoms with van der Waals surface area (Å²) in [6.07, 6.45) is 2.98. The minimum atomic E-state index is 0.563. The summed E-state index contributed by atoms with van der Waals surface area (Å²) in [5.41, 5.74) is 1.17. The standard InChI is InChI=1S/C10H19N/c1-6-9(4)10(5)11(7-2)8-3/h7,9H,2,5-6,8H2,1,3-4H3. The van der Waals surface area contributed by atoms with Gasteiger partial charge in [-0.1, -0.05) is 27.0 Å². The monoisotopic (exact) mass is 153 g/mol. The normalized spacial score (nSPS) is 12.3. The zero-order valence-electron chi connectivity index (χ0n) is 7.93. The van der Waals surface area contributed by atoms with Gasteiger partial charge in [0.1, 0.15) is 0 Å². The maximum atomic E-state index is 4.02. The second kappa shape index (κ2) is 5.00. The molecule has 0 amide bonds. The van der Waals surface area contributed by atoms with Crippen molar-refractivity contribution in [3.8, 4) is 0 Å². The zero-order chi connectivity index (χ0) is 8.85. The molecule has 1 atom stereocenters. The highest BCUT2D eigenvalue weighted by molar-refractivity contribution is 5.01. The molecule has 0 heterocycles. The molecule has 0 aromatic rings. The van der Waals surface area contributed by atoms with Crippen molar-refractivity contribution < 1.29 is 0 Å². The van der Waals surface area contributed by atoms with Gasteiger partial charge in [0.15, 0.2) is 0 Å². The average Bonchev–Trinajstić information content (AvgIpc) is 2.05. The Morgan fingerprint density at radius 3 is 2.36 bits per heavy atom. The van der Waals surface area contributed by atoms with Crippen LogP contribution < -0.4 is 0 Å². The molecule has 0 saturated carbocycles. The number of rotatable bonds is 5. The van der Waals surface area contributed by atoms with Crippen LogP contribution in [0.4, 0.5) is 0 Å². The van der Waals surface area contributed by atoms with Crippen LogP contribution in [0, 0.1) is 5.92 Å². The molecule has 11 heavy (non-hydrogen) atoms. The van der Waals surface area contributed by atoms with Crippen LogP contribution in [0.15, 0.2) is 25.1 Å². The Labute approximate surface area is 70.4 Å². The predicted molar refractivity (Wildman–Crippen MR) is 51.2 cm³/mol. The zero-order valence-corrected chi connectivity index (χ0v) is 7.93. The molecule has 1 unspecified atom stereocenters. The van der Waals surface area contributed by atoms with Gasteiger partial charge < -0.3 is 4.90 Å². The fourth-order valence-corrected chi connectivity index (χ4v) is 0.968. The van der Waals surface area contributed by atoms with Gasteiger partial charge in [-0.3, -0.25) is 0 Å². The van der Waals surface area contributed by atoms with E-state index in [0.29, 0.717) is 5.92 Å². The summed E-state index contributed by atoms with van der Waals surface area (Å²) in [6.45, 7) is 15.2. The van der Waals surface area contributed by atoms with E-state index in [-0.39, 0.29) is 0 Å². The molecule has 0 aromatic heterocycles. The van der Waals surface area contributed by atoms with Gasteiger partial charge in [0, 0.05) is 12.2 Å². The van der Waals surface area contributed by atoms with Crippen LogP contribution in [0.25, 0.3) is 0 Å². The van der Waals surface area contributed by atoms with Gasteiger partial charge in [-0.2, -0.15) is 0 Å². The Hall–Kier alpha value is -0.720. The van der Waals surface area contributed by atoms with E-state index in [1.54, 1.807) is 0 Å². The quantitative estimate of drug-likeness (QED) is 0.587. The molecule has 0 aromatic carbocycles. The maximum Gasteiger partial charge on any atom is 0.0193 e. The van der Waals surface area contributed by atoms with Crippen LogP contribution in [0.2, 0.25) is 0 Å². The highest BCUT2D eigenvalue weighted by Crippen LogP contribution is 2.16. The van der Waals surface area contributed by atoms with Crippen molar-refractivity contribution >= 4 is 0 Å². The van der Waals surface area contributed by atoms with Crippen LogP contribution in [-0.4, -0.2) is 11.4 Å². The fourth-order valence-electron chi connectivity index (χ4n) is 0.968. The molecule has 0 aliphatic carbocycles. The number of hydrogen-bond donors (Lipinski definition) is 0. The van der Waals surface area contributed by atoms with Gasteiger partial charge in [-0.05, 0) is 25.5 Å².